The monoisotopic (exact) mass is 307 g/mol. The third-order valence-electron chi connectivity index (χ3n) is 3.80. The van der Waals surface area contributed by atoms with Gasteiger partial charge < -0.3 is 10.3 Å². The molecule has 3 rings (SSSR count). The van der Waals surface area contributed by atoms with Crippen molar-refractivity contribution < 1.29 is 4.39 Å². The van der Waals surface area contributed by atoms with Crippen LogP contribution in [0.15, 0.2) is 67.5 Å². The van der Waals surface area contributed by atoms with Gasteiger partial charge in [-0.1, -0.05) is 55.1 Å². The maximum Gasteiger partial charge on any atom is 0.140 e. The van der Waals surface area contributed by atoms with E-state index in [4.69, 9.17) is 5.73 Å². The fourth-order valence-electron chi connectivity index (χ4n) is 2.58. The number of nitrogens with two attached hydrogens (primary N) is 1. The zero-order chi connectivity index (χ0) is 16.2. The molecule has 0 aliphatic carbocycles. The van der Waals surface area contributed by atoms with Crippen LogP contribution in [0.1, 0.15) is 22.5 Å². The predicted molar refractivity (Wildman–Crippen MR) is 90.2 cm³/mol. The highest BCUT2D eigenvalue weighted by atomic mass is 19.1. The third kappa shape index (κ3) is 3.07. The standard InChI is InChI=1S/C19H18FN3/c1-14(17-9-5-8-16(12-21)18(17)20)19-22-10-11-23(19)13-15-6-3-2-4-7-15/h2-11H,1,12-13,21H2. The molecule has 0 bridgehead atoms. The van der Waals surface area contributed by atoms with Gasteiger partial charge in [-0.3, -0.25) is 0 Å². The number of rotatable bonds is 5. The van der Waals surface area contributed by atoms with Gasteiger partial charge in [-0.25, -0.2) is 9.37 Å². The normalized spacial score (nSPS) is 10.7. The van der Waals surface area contributed by atoms with Crippen molar-refractivity contribution in [1.29, 1.82) is 0 Å². The van der Waals surface area contributed by atoms with Crippen LogP contribution >= 0.6 is 0 Å². The summed E-state index contributed by atoms with van der Waals surface area (Å²) in [5.74, 6) is 0.330. The summed E-state index contributed by atoms with van der Waals surface area (Å²) in [7, 11) is 0. The van der Waals surface area contributed by atoms with Crippen LogP contribution < -0.4 is 5.73 Å². The van der Waals surface area contributed by atoms with Crippen LogP contribution in [0.4, 0.5) is 4.39 Å². The summed E-state index contributed by atoms with van der Waals surface area (Å²) in [6.07, 6.45) is 3.58. The Hall–Kier alpha value is -2.72. The Bertz CT molecular complexity index is 822. The van der Waals surface area contributed by atoms with Crippen molar-refractivity contribution >= 4 is 5.57 Å². The Kier molecular flexibility index (Phi) is 4.35. The van der Waals surface area contributed by atoms with Gasteiger partial charge >= 0.3 is 0 Å². The molecule has 2 aromatic carbocycles. The minimum atomic E-state index is -0.325. The second-order valence-corrected chi connectivity index (χ2v) is 5.33. The zero-order valence-electron chi connectivity index (χ0n) is 12.7. The Morgan fingerprint density at radius 1 is 1.13 bits per heavy atom. The number of halogens is 1. The Labute approximate surface area is 134 Å². The molecule has 0 amide bonds. The fourth-order valence-corrected chi connectivity index (χ4v) is 2.58. The molecule has 3 nitrogen and oxygen atoms in total. The fraction of sp³-hybridized carbons (Fsp3) is 0.105. The molecule has 116 valence electrons. The highest BCUT2D eigenvalue weighted by Crippen LogP contribution is 2.25. The van der Waals surface area contributed by atoms with E-state index < -0.39 is 0 Å². The Balaban J connectivity index is 1.94. The van der Waals surface area contributed by atoms with Crippen LogP contribution in [0.2, 0.25) is 0 Å². The summed E-state index contributed by atoms with van der Waals surface area (Å²) in [6.45, 7) is 4.86. The molecule has 0 radical (unpaired) electrons. The second kappa shape index (κ2) is 6.58. The van der Waals surface area contributed by atoms with Gasteiger partial charge in [-0.2, -0.15) is 0 Å². The molecular formula is C19H18FN3. The van der Waals surface area contributed by atoms with Crippen LogP contribution in [-0.2, 0) is 13.1 Å². The van der Waals surface area contributed by atoms with Gasteiger partial charge in [0.15, 0.2) is 0 Å². The van der Waals surface area contributed by atoms with E-state index in [1.165, 1.54) is 0 Å². The predicted octanol–water partition coefficient (Wildman–Crippen LogP) is 3.59. The van der Waals surface area contributed by atoms with Gasteiger partial charge in [0.05, 0.1) is 0 Å². The molecule has 0 saturated carbocycles. The van der Waals surface area contributed by atoms with E-state index in [0.717, 1.165) is 5.56 Å². The van der Waals surface area contributed by atoms with Crippen molar-refractivity contribution in [3.63, 3.8) is 0 Å². The molecule has 0 fully saturated rings. The van der Waals surface area contributed by atoms with E-state index in [-0.39, 0.29) is 12.4 Å². The molecule has 0 unspecified atom stereocenters. The number of hydrogen-bond acceptors (Lipinski definition) is 2. The summed E-state index contributed by atoms with van der Waals surface area (Å²) in [5, 5.41) is 0. The summed E-state index contributed by atoms with van der Waals surface area (Å²) in [5.41, 5.74) is 8.20. The van der Waals surface area contributed by atoms with Crippen LogP contribution in [0.3, 0.4) is 0 Å². The van der Waals surface area contributed by atoms with Crippen molar-refractivity contribution in [2.45, 2.75) is 13.1 Å². The number of nitrogens with zero attached hydrogens (tertiary/aromatic N) is 2. The largest absolute Gasteiger partial charge is 0.327 e. The quantitative estimate of drug-likeness (QED) is 0.783. The molecule has 1 aromatic heterocycles. The lowest BCUT2D eigenvalue weighted by Gasteiger charge is -2.12. The molecule has 0 spiro atoms. The Morgan fingerprint density at radius 3 is 2.65 bits per heavy atom. The van der Waals surface area contributed by atoms with Crippen molar-refractivity contribution in [2.75, 3.05) is 0 Å². The van der Waals surface area contributed by atoms with Gasteiger partial charge in [-0.05, 0) is 5.56 Å². The number of hydrogen-bond donors (Lipinski definition) is 1. The summed E-state index contributed by atoms with van der Waals surface area (Å²) in [4.78, 5) is 4.35. The van der Waals surface area contributed by atoms with Gasteiger partial charge in [0.2, 0.25) is 0 Å². The molecule has 0 aliphatic heterocycles. The van der Waals surface area contributed by atoms with Crippen molar-refractivity contribution in [2.24, 2.45) is 5.73 Å². The van der Waals surface area contributed by atoms with Crippen molar-refractivity contribution in [3.8, 4) is 0 Å². The minimum Gasteiger partial charge on any atom is -0.327 e. The summed E-state index contributed by atoms with van der Waals surface area (Å²) in [6, 6.07) is 15.2. The maximum absolute atomic E-state index is 14.5. The smallest absolute Gasteiger partial charge is 0.140 e. The van der Waals surface area contributed by atoms with Crippen molar-refractivity contribution in [3.05, 3.63) is 95.8 Å². The maximum atomic E-state index is 14.5. The third-order valence-corrected chi connectivity index (χ3v) is 3.80. The molecule has 1 heterocycles. The van der Waals surface area contributed by atoms with E-state index in [1.54, 1.807) is 24.4 Å². The van der Waals surface area contributed by atoms with E-state index in [0.29, 0.717) is 29.1 Å². The van der Waals surface area contributed by atoms with E-state index >= 15 is 0 Å². The lowest BCUT2D eigenvalue weighted by atomic mass is 10.0. The second-order valence-electron chi connectivity index (χ2n) is 5.33. The average molecular weight is 307 g/mol. The lowest BCUT2D eigenvalue weighted by molar-refractivity contribution is 0.606. The van der Waals surface area contributed by atoms with Crippen LogP contribution in [0, 0.1) is 5.82 Å². The molecule has 0 atom stereocenters. The first-order valence-corrected chi connectivity index (χ1v) is 7.43. The van der Waals surface area contributed by atoms with E-state index in [9.17, 15) is 4.39 Å². The lowest BCUT2D eigenvalue weighted by Crippen LogP contribution is -2.07. The first kappa shape index (κ1) is 15.2. The van der Waals surface area contributed by atoms with Gasteiger partial charge in [0.25, 0.3) is 0 Å². The molecule has 3 aromatic rings. The average Bonchev–Trinajstić information content (AvgIpc) is 3.03. The highest BCUT2D eigenvalue weighted by molar-refractivity contribution is 5.75. The van der Waals surface area contributed by atoms with Crippen LogP contribution in [-0.4, -0.2) is 9.55 Å². The summed E-state index contributed by atoms with van der Waals surface area (Å²) < 4.78 is 16.5. The summed E-state index contributed by atoms with van der Waals surface area (Å²) >= 11 is 0. The van der Waals surface area contributed by atoms with Crippen LogP contribution in [0.5, 0.6) is 0 Å². The molecule has 23 heavy (non-hydrogen) atoms. The topological polar surface area (TPSA) is 43.8 Å². The molecular weight excluding hydrogens is 289 g/mol. The highest BCUT2D eigenvalue weighted by Gasteiger charge is 2.15. The van der Waals surface area contributed by atoms with E-state index in [1.807, 2.05) is 41.1 Å². The van der Waals surface area contributed by atoms with Crippen LogP contribution in [0.25, 0.3) is 5.57 Å². The SMILES string of the molecule is C=C(c1cccc(CN)c1F)c1nccn1Cc1ccccc1. The molecule has 2 N–H and O–H groups in total. The molecule has 4 heteroatoms. The zero-order valence-corrected chi connectivity index (χ0v) is 12.7. The number of benzene rings is 2. The van der Waals surface area contributed by atoms with E-state index in [2.05, 4.69) is 11.6 Å². The Morgan fingerprint density at radius 2 is 1.91 bits per heavy atom. The van der Waals surface area contributed by atoms with Gasteiger partial charge in [-0.15, -0.1) is 0 Å². The number of aromatic nitrogens is 2. The molecule has 0 aliphatic rings. The minimum absolute atomic E-state index is 0.158. The number of imidazole rings is 1. The first-order valence-electron chi connectivity index (χ1n) is 7.43. The van der Waals surface area contributed by atoms with Gasteiger partial charge in [0, 0.05) is 42.2 Å². The van der Waals surface area contributed by atoms with Crippen molar-refractivity contribution in [1.82, 2.24) is 9.55 Å². The van der Waals surface area contributed by atoms with Gasteiger partial charge in [0.1, 0.15) is 11.6 Å². The molecule has 0 saturated heterocycles. The first-order chi connectivity index (χ1) is 11.2.